The summed E-state index contributed by atoms with van der Waals surface area (Å²) in [6.45, 7) is 1.03. The number of pyridine rings is 1. The van der Waals surface area contributed by atoms with Crippen molar-refractivity contribution in [3.8, 4) is 11.5 Å². The number of nitrogens with one attached hydrogen (secondary N) is 2. The molecule has 0 fully saturated rings. The van der Waals surface area contributed by atoms with E-state index in [0.717, 1.165) is 17.8 Å². The molecule has 300 valence electrons. The topological polar surface area (TPSA) is 167 Å². The van der Waals surface area contributed by atoms with Gasteiger partial charge in [0.05, 0.1) is 16.1 Å². The van der Waals surface area contributed by atoms with Gasteiger partial charge in [0.2, 0.25) is 5.91 Å². The molecule has 0 bridgehead atoms. The number of anilines is 3. The number of benzene rings is 2. The number of nitrogens with zero attached hydrogens (tertiary/aromatic N) is 4. The number of fused-ring (bicyclic) bond motifs is 1. The van der Waals surface area contributed by atoms with E-state index in [4.69, 9.17) is 36.1 Å². The number of ether oxygens (including phenoxy) is 1. The summed E-state index contributed by atoms with van der Waals surface area (Å²) in [5.41, 5.74) is 1.85. The third kappa shape index (κ3) is 13.6. The molecule has 2 aromatic carbocycles. The van der Waals surface area contributed by atoms with Gasteiger partial charge in [-0.25, -0.2) is 19.6 Å². The van der Waals surface area contributed by atoms with Crippen LogP contribution in [-0.4, -0.2) is 80.4 Å². The number of rotatable bonds is 8. The van der Waals surface area contributed by atoms with Crippen molar-refractivity contribution in [2.24, 2.45) is 0 Å². The average molecular weight is 823 g/mol. The summed E-state index contributed by atoms with van der Waals surface area (Å²) >= 11 is 6.42. The van der Waals surface area contributed by atoms with Gasteiger partial charge >= 0.3 is 30.5 Å². The van der Waals surface area contributed by atoms with Crippen LogP contribution < -0.4 is 15.4 Å². The lowest BCUT2D eigenvalue weighted by atomic mass is 10.1. The molecule has 22 heteroatoms. The van der Waals surface area contributed by atoms with E-state index in [2.05, 4.69) is 25.6 Å². The quantitative estimate of drug-likeness (QED) is 0.126. The zero-order chi connectivity index (χ0) is 41.8. The molecule has 0 radical (unpaired) electrons. The molecule has 1 aliphatic rings. The highest BCUT2D eigenvalue weighted by atomic mass is 35.5. The SMILES string of the molecule is CN(CCc1ccccn1)C(=O)C1=Cc2c(ncnc2Nc2ccc(Oc3cccc(C(F)(F)F)c3)c(Cl)c2)NCC1.O=C(O)C(F)(F)F.O=C(O)C(F)(F)F. The zero-order valence-electron chi connectivity index (χ0n) is 28.4. The van der Waals surface area contributed by atoms with Crippen LogP contribution in [-0.2, 0) is 27.0 Å². The summed E-state index contributed by atoms with van der Waals surface area (Å²) in [6, 6.07) is 15.0. The van der Waals surface area contributed by atoms with Gasteiger partial charge in [0, 0.05) is 49.7 Å². The first-order valence-electron chi connectivity index (χ1n) is 15.5. The number of carboxylic acids is 2. The van der Waals surface area contributed by atoms with E-state index < -0.39 is 36.0 Å². The standard InChI is InChI=1S/C30H26ClF3N6O2.2C2HF3O2/c1-40(14-11-21-6-2-3-12-35-21)29(41)19-10-13-36-27-24(15-19)28(38-18-37-27)39-22-8-9-26(25(31)17-22)42-23-7-4-5-20(16-23)30(32,33)34;2*3-2(4,5)1(6)7/h2-9,12,15-18H,10-11,13-14H2,1H3,(H2,36,37,38,39);2*(H,6,7). The van der Waals surface area contributed by atoms with Crippen LogP contribution in [0.1, 0.15) is 23.2 Å². The molecule has 3 heterocycles. The Bertz CT molecular complexity index is 2010. The number of amides is 1. The first-order valence-corrected chi connectivity index (χ1v) is 15.9. The second kappa shape index (κ2) is 19.0. The Hall–Kier alpha value is -6.12. The van der Waals surface area contributed by atoms with Gasteiger partial charge in [-0.3, -0.25) is 9.78 Å². The number of carbonyl (C=O) groups is 3. The Morgan fingerprint density at radius 2 is 1.55 bits per heavy atom. The molecule has 0 saturated carbocycles. The highest BCUT2D eigenvalue weighted by Gasteiger charge is 2.39. The van der Waals surface area contributed by atoms with Gasteiger partial charge in [0.15, 0.2) is 0 Å². The van der Waals surface area contributed by atoms with E-state index >= 15 is 0 Å². The number of likely N-dealkylation sites (N-methyl/N-ethyl adjacent to an activating group) is 1. The minimum atomic E-state index is -5.08. The van der Waals surface area contributed by atoms with Gasteiger partial charge in [-0.15, -0.1) is 0 Å². The fourth-order valence-electron chi connectivity index (χ4n) is 4.34. The van der Waals surface area contributed by atoms with Crippen molar-refractivity contribution < 1.29 is 68.8 Å². The van der Waals surface area contributed by atoms with Crippen molar-refractivity contribution in [3.05, 3.63) is 101 Å². The number of hydrogen-bond donors (Lipinski definition) is 4. The summed E-state index contributed by atoms with van der Waals surface area (Å²) in [7, 11) is 1.76. The predicted octanol–water partition coefficient (Wildman–Crippen LogP) is 8.25. The largest absolute Gasteiger partial charge is 0.490 e. The van der Waals surface area contributed by atoms with Crippen LogP contribution in [0, 0.1) is 0 Å². The number of halogens is 10. The van der Waals surface area contributed by atoms with Crippen LogP contribution in [0.2, 0.25) is 5.02 Å². The van der Waals surface area contributed by atoms with Gasteiger partial charge in [0.25, 0.3) is 0 Å². The fraction of sp³-hybridized carbons (Fsp3) is 0.235. The lowest BCUT2D eigenvalue weighted by molar-refractivity contribution is -0.193. The molecular formula is C34H28ClF9N6O6. The molecule has 0 atom stereocenters. The molecule has 0 saturated heterocycles. The van der Waals surface area contributed by atoms with E-state index in [-0.39, 0.29) is 22.4 Å². The molecule has 12 nitrogen and oxygen atoms in total. The molecule has 1 amide bonds. The first-order chi connectivity index (χ1) is 26.1. The fourth-order valence-corrected chi connectivity index (χ4v) is 4.56. The molecule has 4 aromatic rings. The number of carboxylic acid groups (broad SMARTS) is 2. The van der Waals surface area contributed by atoms with Crippen molar-refractivity contribution in [1.29, 1.82) is 0 Å². The molecule has 56 heavy (non-hydrogen) atoms. The molecule has 0 aliphatic carbocycles. The molecule has 1 aliphatic heterocycles. The van der Waals surface area contributed by atoms with Crippen molar-refractivity contribution >= 4 is 52.8 Å². The van der Waals surface area contributed by atoms with E-state index in [0.29, 0.717) is 54.4 Å². The minimum Gasteiger partial charge on any atom is -0.475 e. The van der Waals surface area contributed by atoms with E-state index in [9.17, 15) is 44.3 Å². The molecule has 5 rings (SSSR count). The number of carbonyl (C=O) groups excluding carboxylic acids is 1. The second-order valence-corrected chi connectivity index (χ2v) is 11.5. The molecule has 0 spiro atoms. The maximum atomic E-state index is 13.3. The van der Waals surface area contributed by atoms with Crippen molar-refractivity contribution in [2.45, 2.75) is 31.4 Å². The lowest BCUT2D eigenvalue weighted by Crippen LogP contribution is -2.30. The molecule has 4 N–H and O–H groups in total. The minimum absolute atomic E-state index is 0.00645. The monoisotopic (exact) mass is 822 g/mol. The Morgan fingerprint density at radius 3 is 2.12 bits per heavy atom. The Balaban J connectivity index is 0.000000512. The number of aromatic nitrogens is 3. The van der Waals surface area contributed by atoms with Crippen LogP contribution >= 0.6 is 11.6 Å². The van der Waals surface area contributed by atoms with Crippen LogP contribution in [0.15, 0.2) is 78.8 Å². The second-order valence-electron chi connectivity index (χ2n) is 11.1. The van der Waals surface area contributed by atoms with Crippen molar-refractivity contribution in [2.75, 3.05) is 30.8 Å². The summed E-state index contributed by atoms with van der Waals surface area (Å²) in [5, 5.41) is 20.9. The number of hydrogen-bond acceptors (Lipinski definition) is 9. The number of alkyl halides is 9. The van der Waals surface area contributed by atoms with Gasteiger partial charge in [0.1, 0.15) is 29.5 Å². The van der Waals surface area contributed by atoms with Crippen LogP contribution in [0.3, 0.4) is 0 Å². The van der Waals surface area contributed by atoms with Gasteiger partial charge in [-0.05, 0) is 61.0 Å². The van der Waals surface area contributed by atoms with E-state index in [1.165, 1.54) is 18.5 Å². The van der Waals surface area contributed by atoms with Gasteiger partial charge in [-0.1, -0.05) is 23.7 Å². The van der Waals surface area contributed by atoms with Crippen molar-refractivity contribution in [3.63, 3.8) is 0 Å². The number of aliphatic carboxylic acids is 2. The Morgan fingerprint density at radius 1 is 0.893 bits per heavy atom. The van der Waals surface area contributed by atoms with Crippen LogP contribution in [0.5, 0.6) is 11.5 Å². The summed E-state index contributed by atoms with van der Waals surface area (Å²) in [5.74, 6) is -4.41. The van der Waals surface area contributed by atoms with E-state index in [1.54, 1.807) is 42.4 Å². The van der Waals surface area contributed by atoms with Crippen LogP contribution in [0.25, 0.3) is 6.08 Å². The summed E-state index contributed by atoms with van der Waals surface area (Å²) in [4.78, 5) is 45.8. The molecule has 0 unspecified atom stereocenters. The third-order valence-corrected chi connectivity index (χ3v) is 7.30. The summed E-state index contributed by atoms with van der Waals surface area (Å²) < 4.78 is 108. The molecule has 2 aromatic heterocycles. The summed E-state index contributed by atoms with van der Waals surface area (Å²) in [6.07, 6.45) is -8.61. The van der Waals surface area contributed by atoms with Crippen LogP contribution in [0.4, 0.5) is 56.8 Å². The third-order valence-electron chi connectivity index (χ3n) is 7.01. The Kier molecular flexibility index (Phi) is 15.0. The maximum Gasteiger partial charge on any atom is 0.490 e. The Labute approximate surface area is 315 Å². The van der Waals surface area contributed by atoms with Gasteiger partial charge in [-0.2, -0.15) is 39.5 Å². The highest BCUT2D eigenvalue weighted by Crippen LogP contribution is 2.37. The first kappa shape index (κ1) is 44.3. The normalized spacial score (nSPS) is 12.4. The smallest absolute Gasteiger partial charge is 0.475 e. The maximum absolute atomic E-state index is 13.3. The van der Waals surface area contributed by atoms with Gasteiger partial charge < -0.3 is 30.5 Å². The molecular weight excluding hydrogens is 795 g/mol. The average Bonchev–Trinajstić information content (AvgIpc) is 3.35. The zero-order valence-corrected chi connectivity index (χ0v) is 29.2. The van der Waals surface area contributed by atoms with E-state index in [1.807, 2.05) is 18.2 Å². The highest BCUT2D eigenvalue weighted by molar-refractivity contribution is 6.32. The van der Waals surface area contributed by atoms with Crippen molar-refractivity contribution in [1.82, 2.24) is 19.9 Å². The lowest BCUT2D eigenvalue weighted by Gasteiger charge is -2.18. The predicted molar refractivity (Wildman–Crippen MR) is 182 cm³/mol.